The largest absolute Gasteiger partial charge is 0.360 e. The molecule has 5 heteroatoms. The molecular weight excluding hydrogens is 261 g/mol. The van der Waals surface area contributed by atoms with E-state index in [4.69, 9.17) is 0 Å². The van der Waals surface area contributed by atoms with E-state index >= 15 is 0 Å². The number of nitrogens with one attached hydrogen (secondary N) is 1. The number of anilines is 1. The van der Waals surface area contributed by atoms with E-state index in [1.165, 1.54) is 23.7 Å². The third-order valence-corrected chi connectivity index (χ3v) is 3.37. The van der Waals surface area contributed by atoms with E-state index in [1.807, 2.05) is 0 Å². The molecule has 0 aliphatic heterocycles. The molecule has 0 unspecified atom stereocenters. The Morgan fingerprint density at radius 3 is 2.47 bits per heavy atom. The number of benzene rings is 1. The van der Waals surface area contributed by atoms with Gasteiger partial charge in [-0.3, -0.25) is 0 Å². The molecule has 2 aromatic rings. The molecule has 0 bridgehead atoms. The highest BCUT2D eigenvalue weighted by atomic mass is 32.1. The lowest BCUT2D eigenvalue weighted by Gasteiger charge is -2.12. The van der Waals surface area contributed by atoms with Gasteiger partial charge < -0.3 is 5.32 Å². The van der Waals surface area contributed by atoms with Gasteiger partial charge >= 0.3 is 0 Å². The van der Waals surface area contributed by atoms with E-state index in [0.29, 0.717) is 0 Å². The Morgan fingerprint density at radius 1 is 1.21 bits per heavy atom. The molecule has 0 aliphatic rings. The van der Waals surface area contributed by atoms with Crippen LogP contribution in [-0.2, 0) is 11.8 Å². The molecule has 0 fully saturated rings. The monoisotopic (exact) mass is 279 g/mol. The Hall–Kier alpha value is -1.49. The summed E-state index contributed by atoms with van der Waals surface area (Å²) in [6.45, 7) is 7.05. The summed E-state index contributed by atoms with van der Waals surface area (Å²) in [6.07, 6.45) is 0.838. The summed E-state index contributed by atoms with van der Waals surface area (Å²) in [4.78, 5) is 4.46. The first kappa shape index (κ1) is 13.9. The fourth-order valence-electron chi connectivity index (χ4n) is 1.56. The fourth-order valence-corrected chi connectivity index (χ4v) is 2.35. The van der Waals surface area contributed by atoms with Gasteiger partial charge in [0, 0.05) is 23.5 Å². The van der Waals surface area contributed by atoms with Gasteiger partial charge in [0.15, 0.2) is 0 Å². The highest BCUT2D eigenvalue weighted by Gasteiger charge is 2.19. The number of aromatic nitrogens is 2. The number of rotatable bonds is 4. The maximum Gasteiger partial charge on any atom is 0.202 e. The predicted molar refractivity (Wildman–Crippen MR) is 77.2 cm³/mol. The van der Waals surface area contributed by atoms with Crippen molar-refractivity contribution in [2.24, 2.45) is 0 Å². The molecule has 0 amide bonds. The molecule has 0 spiro atoms. The standard InChI is InChI=1S/C14H18FN3S/c1-14(2,3)12-17-13(19-18-12)16-9-8-10-4-6-11(15)7-5-10/h4-7H,8-9H2,1-3H3,(H,16,17,18). The van der Waals surface area contributed by atoms with Crippen molar-refractivity contribution in [3.8, 4) is 0 Å². The maximum atomic E-state index is 12.8. The lowest BCUT2D eigenvalue weighted by atomic mass is 9.96. The second-order valence-corrected chi connectivity index (χ2v) is 6.23. The quantitative estimate of drug-likeness (QED) is 0.928. The second-order valence-electron chi connectivity index (χ2n) is 5.48. The summed E-state index contributed by atoms with van der Waals surface area (Å²) >= 11 is 1.38. The van der Waals surface area contributed by atoms with Gasteiger partial charge in [-0.15, -0.1) is 0 Å². The van der Waals surface area contributed by atoms with Crippen LogP contribution in [0.2, 0.25) is 0 Å². The predicted octanol–water partition coefficient (Wildman–Crippen LogP) is 3.63. The summed E-state index contributed by atoms with van der Waals surface area (Å²) in [5.41, 5.74) is 1.09. The Bertz CT molecular complexity index is 528. The summed E-state index contributed by atoms with van der Waals surface area (Å²) in [5.74, 6) is 0.664. The van der Waals surface area contributed by atoms with E-state index < -0.39 is 0 Å². The van der Waals surface area contributed by atoms with Crippen LogP contribution in [0.25, 0.3) is 0 Å². The maximum absolute atomic E-state index is 12.8. The Labute approximate surface area is 117 Å². The van der Waals surface area contributed by atoms with Crippen LogP contribution < -0.4 is 5.32 Å². The molecule has 19 heavy (non-hydrogen) atoms. The van der Waals surface area contributed by atoms with Crippen molar-refractivity contribution in [3.63, 3.8) is 0 Å². The number of halogens is 1. The van der Waals surface area contributed by atoms with Gasteiger partial charge in [-0.25, -0.2) is 9.37 Å². The van der Waals surface area contributed by atoms with Gasteiger partial charge in [-0.05, 0) is 24.1 Å². The van der Waals surface area contributed by atoms with Crippen LogP contribution in [0.5, 0.6) is 0 Å². The van der Waals surface area contributed by atoms with Crippen LogP contribution in [-0.4, -0.2) is 15.9 Å². The van der Waals surface area contributed by atoms with Crippen molar-refractivity contribution in [1.29, 1.82) is 0 Å². The Morgan fingerprint density at radius 2 is 1.89 bits per heavy atom. The van der Waals surface area contributed by atoms with Crippen molar-refractivity contribution >= 4 is 16.7 Å². The summed E-state index contributed by atoms with van der Waals surface area (Å²) in [7, 11) is 0. The first-order valence-corrected chi connectivity index (χ1v) is 7.05. The normalized spacial score (nSPS) is 11.6. The zero-order valence-corrected chi connectivity index (χ0v) is 12.2. The second kappa shape index (κ2) is 5.65. The average molecular weight is 279 g/mol. The molecule has 2 rings (SSSR count). The zero-order chi connectivity index (χ0) is 13.9. The van der Waals surface area contributed by atoms with E-state index in [-0.39, 0.29) is 11.2 Å². The highest BCUT2D eigenvalue weighted by Crippen LogP contribution is 2.22. The van der Waals surface area contributed by atoms with Crippen molar-refractivity contribution < 1.29 is 4.39 Å². The van der Waals surface area contributed by atoms with Crippen molar-refractivity contribution in [1.82, 2.24) is 9.36 Å². The molecule has 1 aromatic carbocycles. The fraction of sp³-hybridized carbons (Fsp3) is 0.429. The van der Waals surface area contributed by atoms with Crippen molar-refractivity contribution in [3.05, 3.63) is 41.5 Å². The van der Waals surface area contributed by atoms with E-state index in [9.17, 15) is 4.39 Å². The minimum atomic E-state index is -0.198. The third-order valence-electron chi connectivity index (χ3n) is 2.70. The first-order chi connectivity index (χ1) is 8.95. The smallest absolute Gasteiger partial charge is 0.202 e. The lowest BCUT2D eigenvalue weighted by molar-refractivity contribution is 0.555. The highest BCUT2D eigenvalue weighted by molar-refractivity contribution is 7.09. The molecule has 0 saturated carbocycles. The molecule has 0 aliphatic carbocycles. The Balaban J connectivity index is 1.86. The molecular formula is C14H18FN3S. The number of hydrogen-bond acceptors (Lipinski definition) is 4. The van der Waals surface area contributed by atoms with Crippen molar-refractivity contribution in [2.45, 2.75) is 32.6 Å². The van der Waals surface area contributed by atoms with Crippen LogP contribution >= 0.6 is 11.5 Å². The van der Waals surface area contributed by atoms with E-state index in [2.05, 4.69) is 35.4 Å². The Kier molecular flexibility index (Phi) is 4.14. The number of hydrogen-bond donors (Lipinski definition) is 1. The van der Waals surface area contributed by atoms with Gasteiger partial charge in [0.1, 0.15) is 11.6 Å². The lowest BCUT2D eigenvalue weighted by Crippen LogP contribution is -2.13. The van der Waals surface area contributed by atoms with E-state index in [1.54, 1.807) is 12.1 Å². The molecule has 1 N–H and O–H groups in total. The summed E-state index contributed by atoms with van der Waals surface area (Å²) in [5, 5.41) is 4.09. The molecule has 0 saturated heterocycles. The minimum absolute atomic E-state index is 0.0204. The van der Waals surface area contributed by atoms with Gasteiger partial charge in [0.2, 0.25) is 5.13 Å². The van der Waals surface area contributed by atoms with Crippen LogP contribution in [0, 0.1) is 5.82 Å². The zero-order valence-electron chi connectivity index (χ0n) is 11.4. The molecule has 1 heterocycles. The first-order valence-electron chi connectivity index (χ1n) is 6.27. The van der Waals surface area contributed by atoms with Gasteiger partial charge in [0.25, 0.3) is 0 Å². The number of nitrogens with zero attached hydrogens (tertiary/aromatic N) is 2. The van der Waals surface area contributed by atoms with Crippen LogP contribution in [0.3, 0.4) is 0 Å². The minimum Gasteiger partial charge on any atom is -0.360 e. The van der Waals surface area contributed by atoms with Gasteiger partial charge in [0.05, 0.1) is 0 Å². The summed E-state index contributed by atoms with van der Waals surface area (Å²) < 4.78 is 17.1. The third kappa shape index (κ3) is 3.99. The summed E-state index contributed by atoms with van der Waals surface area (Å²) in [6, 6.07) is 6.57. The molecule has 0 radical (unpaired) electrons. The molecule has 102 valence electrons. The molecule has 1 aromatic heterocycles. The van der Waals surface area contributed by atoms with Gasteiger partial charge in [-0.2, -0.15) is 4.37 Å². The van der Waals surface area contributed by atoms with E-state index in [0.717, 1.165) is 29.5 Å². The topological polar surface area (TPSA) is 37.8 Å². The van der Waals surface area contributed by atoms with Gasteiger partial charge in [-0.1, -0.05) is 32.9 Å². The van der Waals surface area contributed by atoms with Crippen LogP contribution in [0.1, 0.15) is 32.2 Å². The van der Waals surface area contributed by atoms with Crippen molar-refractivity contribution in [2.75, 3.05) is 11.9 Å². The molecule has 0 atom stereocenters. The van der Waals surface area contributed by atoms with Crippen LogP contribution in [0.15, 0.2) is 24.3 Å². The van der Waals surface area contributed by atoms with Crippen LogP contribution in [0.4, 0.5) is 9.52 Å². The molecule has 3 nitrogen and oxygen atoms in total. The average Bonchev–Trinajstić information content (AvgIpc) is 2.80. The SMILES string of the molecule is CC(C)(C)c1nsc(NCCc2ccc(F)cc2)n1.